The molecule has 68 valence electrons. The van der Waals surface area contributed by atoms with E-state index in [-0.39, 0.29) is 4.32 Å². The van der Waals surface area contributed by atoms with Crippen LogP contribution in [0.3, 0.4) is 0 Å². The standard InChI is InChI=1S/C10H10BrNO/c1-8-7-9(12-13-8)10(11)5-3-2-4-6-10/h2-5,7H,6H2,1H3. The molecule has 0 fully saturated rings. The van der Waals surface area contributed by atoms with Crippen LogP contribution < -0.4 is 0 Å². The molecule has 0 spiro atoms. The molecule has 0 aliphatic heterocycles. The predicted molar refractivity (Wildman–Crippen MR) is 54.7 cm³/mol. The van der Waals surface area contributed by atoms with Crippen molar-refractivity contribution in [1.29, 1.82) is 0 Å². The molecule has 0 saturated heterocycles. The van der Waals surface area contributed by atoms with Crippen molar-refractivity contribution in [2.45, 2.75) is 17.7 Å². The molecule has 1 heterocycles. The molecule has 0 amide bonds. The summed E-state index contributed by atoms with van der Waals surface area (Å²) in [5.41, 5.74) is 0.936. The molecule has 0 aromatic carbocycles. The maximum absolute atomic E-state index is 5.04. The zero-order valence-electron chi connectivity index (χ0n) is 7.33. The highest BCUT2D eigenvalue weighted by Gasteiger charge is 2.29. The lowest BCUT2D eigenvalue weighted by molar-refractivity contribution is 0.386. The van der Waals surface area contributed by atoms with Crippen molar-refractivity contribution in [2.24, 2.45) is 0 Å². The molecule has 0 bridgehead atoms. The third kappa shape index (κ3) is 1.61. The minimum Gasteiger partial charge on any atom is -0.361 e. The summed E-state index contributed by atoms with van der Waals surface area (Å²) >= 11 is 3.66. The van der Waals surface area contributed by atoms with Gasteiger partial charge in [0.05, 0.1) is 4.32 Å². The van der Waals surface area contributed by atoms with Gasteiger partial charge in [0.15, 0.2) is 0 Å². The topological polar surface area (TPSA) is 26.0 Å². The van der Waals surface area contributed by atoms with E-state index in [0.717, 1.165) is 17.9 Å². The van der Waals surface area contributed by atoms with Crippen LogP contribution in [-0.4, -0.2) is 5.16 Å². The lowest BCUT2D eigenvalue weighted by atomic mass is 9.97. The molecule has 2 nitrogen and oxygen atoms in total. The number of aryl methyl sites for hydroxylation is 1. The average molecular weight is 240 g/mol. The summed E-state index contributed by atoms with van der Waals surface area (Å²) in [7, 11) is 0. The largest absolute Gasteiger partial charge is 0.361 e. The number of allylic oxidation sites excluding steroid dienone is 4. The molecular formula is C10H10BrNO. The molecule has 0 N–H and O–H groups in total. The fraction of sp³-hybridized carbons (Fsp3) is 0.300. The lowest BCUT2D eigenvalue weighted by Crippen LogP contribution is -2.15. The molecule has 1 aromatic rings. The van der Waals surface area contributed by atoms with Crippen LogP contribution in [0.25, 0.3) is 0 Å². The van der Waals surface area contributed by atoms with Gasteiger partial charge in [0.1, 0.15) is 11.5 Å². The van der Waals surface area contributed by atoms with Crippen molar-refractivity contribution >= 4 is 15.9 Å². The van der Waals surface area contributed by atoms with Crippen molar-refractivity contribution in [2.75, 3.05) is 0 Å². The van der Waals surface area contributed by atoms with E-state index in [4.69, 9.17) is 4.52 Å². The molecule has 1 aromatic heterocycles. The molecule has 0 radical (unpaired) electrons. The number of halogens is 1. The van der Waals surface area contributed by atoms with E-state index in [0.29, 0.717) is 0 Å². The predicted octanol–water partition coefficient (Wildman–Crippen LogP) is 3.09. The highest BCUT2D eigenvalue weighted by molar-refractivity contribution is 9.09. The number of hydrogen-bond acceptors (Lipinski definition) is 2. The second kappa shape index (κ2) is 3.14. The molecular weight excluding hydrogens is 230 g/mol. The fourth-order valence-electron chi connectivity index (χ4n) is 1.35. The summed E-state index contributed by atoms with van der Waals surface area (Å²) in [5, 5.41) is 4.00. The van der Waals surface area contributed by atoms with E-state index < -0.39 is 0 Å². The van der Waals surface area contributed by atoms with E-state index in [2.05, 4.69) is 33.2 Å². The average Bonchev–Trinajstić information content (AvgIpc) is 2.54. The Morgan fingerprint density at radius 3 is 2.92 bits per heavy atom. The van der Waals surface area contributed by atoms with Crippen LogP contribution in [0, 0.1) is 6.92 Å². The first-order valence-corrected chi connectivity index (χ1v) is 4.97. The van der Waals surface area contributed by atoms with E-state index in [9.17, 15) is 0 Å². The number of nitrogens with zero attached hydrogens (tertiary/aromatic N) is 1. The summed E-state index contributed by atoms with van der Waals surface area (Å²) in [5.74, 6) is 0.844. The Hall–Kier alpha value is -0.830. The van der Waals surface area contributed by atoms with Crippen LogP contribution >= 0.6 is 15.9 Å². The summed E-state index contributed by atoms with van der Waals surface area (Å²) in [6, 6.07) is 1.96. The molecule has 13 heavy (non-hydrogen) atoms. The van der Waals surface area contributed by atoms with Crippen LogP contribution in [0.2, 0.25) is 0 Å². The normalized spacial score (nSPS) is 26.6. The third-order valence-electron chi connectivity index (χ3n) is 2.08. The smallest absolute Gasteiger partial charge is 0.133 e. The van der Waals surface area contributed by atoms with Crippen LogP contribution in [0.4, 0.5) is 0 Å². The van der Waals surface area contributed by atoms with Crippen molar-refractivity contribution < 1.29 is 4.52 Å². The number of rotatable bonds is 1. The lowest BCUT2D eigenvalue weighted by Gasteiger charge is -2.20. The number of aromatic nitrogens is 1. The van der Waals surface area contributed by atoms with Gasteiger partial charge in [0.25, 0.3) is 0 Å². The summed E-state index contributed by atoms with van der Waals surface area (Å²) in [6.45, 7) is 1.90. The number of alkyl halides is 1. The number of hydrogen-bond donors (Lipinski definition) is 0. The zero-order chi connectivity index (χ0) is 9.31. The molecule has 1 atom stereocenters. The Morgan fingerprint density at radius 1 is 1.54 bits per heavy atom. The maximum atomic E-state index is 5.04. The summed E-state index contributed by atoms with van der Waals surface area (Å²) < 4.78 is 4.88. The van der Waals surface area contributed by atoms with Gasteiger partial charge in [-0.05, 0) is 13.3 Å². The SMILES string of the molecule is Cc1cc(C2(Br)C=CC=CC2)no1. The van der Waals surface area contributed by atoms with Crippen LogP contribution in [-0.2, 0) is 4.32 Å². The van der Waals surface area contributed by atoms with Crippen molar-refractivity contribution in [3.8, 4) is 0 Å². The van der Waals surface area contributed by atoms with E-state index >= 15 is 0 Å². The molecule has 2 rings (SSSR count). The van der Waals surface area contributed by atoms with Gasteiger partial charge in [0.2, 0.25) is 0 Å². The molecule has 1 unspecified atom stereocenters. The third-order valence-corrected chi connectivity index (χ3v) is 3.07. The first-order valence-electron chi connectivity index (χ1n) is 4.18. The molecule has 1 aliphatic rings. The Balaban J connectivity index is 2.34. The summed E-state index contributed by atoms with van der Waals surface area (Å²) in [4.78, 5) is 0. The van der Waals surface area contributed by atoms with Crippen molar-refractivity contribution in [3.05, 3.63) is 41.8 Å². The quantitative estimate of drug-likeness (QED) is 0.705. The van der Waals surface area contributed by atoms with Gasteiger partial charge in [-0.1, -0.05) is 45.4 Å². The maximum Gasteiger partial charge on any atom is 0.133 e. The van der Waals surface area contributed by atoms with Gasteiger partial charge in [-0.2, -0.15) is 0 Å². The Labute approximate surface area is 85.4 Å². The van der Waals surface area contributed by atoms with Crippen LogP contribution in [0.5, 0.6) is 0 Å². The van der Waals surface area contributed by atoms with Crippen molar-refractivity contribution in [1.82, 2.24) is 5.16 Å². The van der Waals surface area contributed by atoms with Crippen LogP contribution in [0.1, 0.15) is 17.9 Å². The Bertz CT molecular complexity index is 367. The monoisotopic (exact) mass is 239 g/mol. The molecule has 3 heteroatoms. The van der Waals surface area contributed by atoms with Gasteiger partial charge in [-0.3, -0.25) is 0 Å². The highest BCUT2D eigenvalue weighted by atomic mass is 79.9. The Morgan fingerprint density at radius 2 is 2.38 bits per heavy atom. The fourth-order valence-corrected chi connectivity index (χ4v) is 1.87. The van der Waals surface area contributed by atoms with Gasteiger partial charge in [0, 0.05) is 6.07 Å². The van der Waals surface area contributed by atoms with Gasteiger partial charge >= 0.3 is 0 Å². The second-order valence-corrected chi connectivity index (χ2v) is 4.59. The minimum atomic E-state index is -0.167. The van der Waals surface area contributed by atoms with Gasteiger partial charge < -0.3 is 4.52 Å². The second-order valence-electron chi connectivity index (χ2n) is 3.18. The highest BCUT2D eigenvalue weighted by Crippen LogP contribution is 2.38. The van der Waals surface area contributed by atoms with E-state index in [1.54, 1.807) is 0 Å². The minimum absolute atomic E-state index is 0.167. The van der Waals surface area contributed by atoms with Crippen LogP contribution in [0.15, 0.2) is 34.9 Å². The molecule has 1 aliphatic carbocycles. The van der Waals surface area contributed by atoms with Gasteiger partial charge in [-0.25, -0.2) is 0 Å². The van der Waals surface area contributed by atoms with E-state index in [1.165, 1.54) is 0 Å². The van der Waals surface area contributed by atoms with Gasteiger partial charge in [-0.15, -0.1) is 0 Å². The molecule has 0 saturated carbocycles. The Kier molecular flexibility index (Phi) is 2.12. The first-order chi connectivity index (χ1) is 6.21. The zero-order valence-corrected chi connectivity index (χ0v) is 8.91. The summed E-state index contributed by atoms with van der Waals surface area (Å²) in [6.07, 6.45) is 9.16. The van der Waals surface area contributed by atoms with Crippen molar-refractivity contribution in [3.63, 3.8) is 0 Å². The first kappa shape index (κ1) is 8.75. The van der Waals surface area contributed by atoms with E-state index in [1.807, 2.05) is 25.1 Å².